The number of hydrogen-bond acceptors (Lipinski definition) is 3. The molecule has 0 saturated carbocycles. The van der Waals surface area contributed by atoms with Crippen molar-refractivity contribution in [1.82, 2.24) is 4.90 Å². The molecule has 0 spiro atoms. The van der Waals surface area contributed by atoms with Crippen molar-refractivity contribution in [3.63, 3.8) is 0 Å². The molecule has 1 rings (SSSR count). The van der Waals surface area contributed by atoms with E-state index in [9.17, 15) is 4.79 Å². The fraction of sp³-hybridized carbons (Fsp3) is 0.818. The summed E-state index contributed by atoms with van der Waals surface area (Å²) >= 11 is 0. The van der Waals surface area contributed by atoms with Gasteiger partial charge in [0.1, 0.15) is 5.60 Å². The van der Waals surface area contributed by atoms with E-state index in [4.69, 9.17) is 5.41 Å². The minimum absolute atomic E-state index is 0.318. The van der Waals surface area contributed by atoms with Crippen molar-refractivity contribution >= 4 is 12.8 Å². The van der Waals surface area contributed by atoms with Crippen molar-refractivity contribution in [2.75, 3.05) is 13.1 Å². The van der Waals surface area contributed by atoms with Crippen LogP contribution in [0.2, 0.25) is 0 Å². The first kappa shape index (κ1) is 13.9. The van der Waals surface area contributed by atoms with Gasteiger partial charge in [0.15, 0.2) is 0 Å². The molecule has 1 aliphatic rings. The van der Waals surface area contributed by atoms with E-state index in [1.165, 1.54) is 25.6 Å². The molecule has 15 heavy (non-hydrogen) atoms. The highest BCUT2D eigenvalue weighted by Gasteiger charge is 2.07. The van der Waals surface area contributed by atoms with Gasteiger partial charge in [-0.3, -0.25) is 10.2 Å². The van der Waals surface area contributed by atoms with Crippen LogP contribution in [-0.4, -0.2) is 36.4 Å². The summed E-state index contributed by atoms with van der Waals surface area (Å²) in [6.45, 7) is 8.12. The molecule has 1 heterocycles. The van der Waals surface area contributed by atoms with Crippen molar-refractivity contribution in [2.45, 2.75) is 45.6 Å². The van der Waals surface area contributed by atoms with E-state index in [0.717, 1.165) is 13.1 Å². The average molecular weight is 214 g/mol. The van der Waals surface area contributed by atoms with Gasteiger partial charge in [-0.25, -0.2) is 0 Å². The largest absolute Gasteiger partial charge is 0.462 e. The lowest BCUT2D eigenvalue weighted by molar-refractivity contribution is -0.138. The van der Waals surface area contributed by atoms with Crippen molar-refractivity contribution in [2.24, 2.45) is 0 Å². The summed E-state index contributed by atoms with van der Waals surface area (Å²) in [4.78, 5) is 11.7. The van der Waals surface area contributed by atoms with Gasteiger partial charge in [-0.1, -0.05) is 0 Å². The van der Waals surface area contributed by atoms with E-state index >= 15 is 0 Å². The van der Waals surface area contributed by atoms with Gasteiger partial charge in [-0.05, 0) is 40.0 Å². The molecule has 4 heteroatoms. The summed E-state index contributed by atoms with van der Waals surface area (Å²) in [5.41, 5.74) is -0.318. The van der Waals surface area contributed by atoms with Crippen molar-refractivity contribution in [1.29, 1.82) is 5.41 Å². The quantitative estimate of drug-likeness (QED) is 0.435. The third kappa shape index (κ3) is 9.25. The highest BCUT2D eigenvalue weighted by Crippen LogP contribution is 2.05. The zero-order chi connectivity index (χ0) is 11.7. The first-order valence-corrected chi connectivity index (χ1v) is 5.35. The molecular weight excluding hydrogens is 192 g/mol. The molecule has 0 aromatic heterocycles. The average Bonchev–Trinajstić information content (AvgIpc) is 2.18. The predicted octanol–water partition coefficient (Wildman–Crippen LogP) is 2.04. The molecule has 0 radical (unpaired) electrons. The molecule has 0 aliphatic carbocycles. The van der Waals surface area contributed by atoms with Crippen LogP contribution in [0.15, 0.2) is 0 Å². The van der Waals surface area contributed by atoms with E-state index in [1.54, 1.807) is 0 Å². The summed E-state index contributed by atoms with van der Waals surface area (Å²) in [5, 5.41) is 6.90. The van der Waals surface area contributed by atoms with Crippen LogP contribution >= 0.6 is 0 Å². The second-order valence-electron chi connectivity index (χ2n) is 4.55. The number of hydrogen-bond donors (Lipinski definition) is 1. The van der Waals surface area contributed by atoms with Crippen LogP contribution in [0.5, 0.6) is 0 Å². The van der Waals surface area contributed by atoms with Gasteiger partial charge >= 0.3 is 0 Å². The molecule has 0 unspecified atom stereocenters. The summed E-state index contributed by atoms with van der Waals surface area (Å²) < 4.78 is 4.55. The van der Waals surface area contributed by atoms with Gasteiger partial charge < -0.3 is 9.64 Å². The Bertz CT molecular complexity index is 182. The Morgan fingerprint density at radius 1 is 1.20 bits per heavy atom. The van der Waals surface area contributed by atoms with Crippen LogP contribution in [0.4, 0.5) is 0 Å². The van der Waals surface area contributed by atoms with Crippen molar-refractivity contribution in [3.8, 4) is 0 Å². The Morgan fingerprint density at radius 3 is 1.93 bits per heavy atom. The zero-order valence-corrected chi connectivity index (χ0v) is 9.95. The van der Waals surface area contributed by atoms with Gasteiger partial charge in [0, 0.05) is 13.1 Å². The number of rotatable bonds is 2. The number of ether oxygens (including phenoxy) is 1. The number of carbonyl (C=O) groups is 1. The highest BCUT2D eigenvalue weighted by molar-refractivity contribution is 5.50. The fourth-order valence-electron chi connectivity index (χ4n) is 1.19. The molecule has 1 fully saturated rings. The smallest absolute Gasteiger partial charge is 0.293 e. The topological polar surface area (TPSA) is 53.4 Å². The van der Waals surface area contributed by atoms with E-state index in [0.29, 0.717) is 6.47 Å². The summed E-state index contributed by atoms with van der Waals surface area (Å²) in [5.74, 6) is 0. The second kappa shape index (κ2) is 7.26. The highest BCUT2D eigenvalue weighted by atomic mass is 16.5. The monoisotopic (exact) mass is 214 g/mol. The van der Waals surface area contributed by atoms with Crippen LogP contribution in [0.3, 0.4) is 0 Å². The lowest BCUT2D eigenvalue weighted by atomic mass is 10.1. The van der Waals surface area contributed by atoms with E-state index in [1.807, 2.05) is 20.8 Å². The molecule has 88 valence electrons. The van der Waals surface area contributed by atoms with Gasteiger partial charge in [0.05, 0.1) is 6.34 Å². The minimum Gasteiger partial charge on any atom is -0.462 e. The molecule has 0 bridgehead atoms. The standard InChI is InChI=1S/C6H12N2.C5H10O2/c7-6-8-4-2-1-3-5-8;1-5(2,3)7-4-6/h6-7H,1-5H2;4H,1-3H3. The molecule has 0 aromatic rings. The first-order chi connectivity index (χ1) is 6.99. The normalized spacial score (nSPS) is 16.1. The van der Waals surface area contributed by atoms with E-state index in [2.05, 4.69) is 9.64 Å². The zero-order valence-electron chi connectivity index (χ0n) is 9.95. The molecule has 1 N–H and O–H groups in total. The Balaban J connectivity index is 0.000000265. The molecule has 4 nitrogen and oxygen atoms in total. The molecule has 0 atom stereocenters. The SMILES string of the molecule is CC(C)(C)OC=O.N=CN1CCCCC1. The molecule has 1 aliphatic heterocycles. The Morgan fingerprint density at radius 2 is 1.73 bits per heavy atom. The van der Waals surface area contributed by atoms with Gasteiger partial charge in [-0.15, -0.1) is 0 Å². The molecule has 0 aromatic carbocycles. The number of carbonyl (C=O) groups excluding carboxylic acids is 1. The van der Waals surface area contributed by atoms with Crippen LogP contribution in [0.1, 0.15) is 40.0 Å². The van der Waals surface area contributed by atoms with Crippen molar-refractivity contribution in [3.05, 3.63) is 0 Å². The number of nitrogens with zero attached hydrogens (tertiary/aromatic N) is 1. The van der Waals surface area contributed by atoms with Gasteiger partial charge in [-0.2, -0.15) is 0 Å². The second-order valence-corrected chi connectivity index (χ2v) is 4.55. The lowest BCUT2D eigenvalue weighted by Gasteiger charge is -2.22. The maximum Gasteiger partial charge on any atom is 0.293 e. The third-order valence-corrected chi connectivity index (χ3v) is 1.97. The van der Waals surface area contributed by atoms with Crippen LogP contribution in [-0.2, 0) is 9.53 Å². The third-order valence-electron chi connectivity index (χ3n) is 1.97. The molecule has 0 amide bonds. The van der Waals surface area contributed by atoms with Crippen LogP contribution in [0, 0.1) is 5.41 Å². The fourth-order valence-corrected chi connectivity index (χ4v) is 1.19. The predicted molar refractivity (Wildman–Crippen MR) is 61.1 cm³/mol. The van der Waals surface area contributed by atoms with Gasteiger partial charge in [0.2, 0.25) is 0 Å². The van der Waals surface area contributed by atoms with E-state index < -0.39 is 0 Å². The summed E-state index contributed by atoms with van der Waals surface area (Å²) in [6, 6.07) is 0. The number of likely N-dealkylation sites (tertiary alicyclic amines) is 1. The van der Waals surface area contributed by atoms with Crippen LogP contribution < -0.4 is 0 Å². The lowest BCUT2D eigenvalue weighted by Crippen LogP contribution is -2.27. The summed E-state index contributed by atoms with van der Waals surface area (Å²) in [7, 11) is 0. The number of piperidine rings is 1. The van der Waals surface area contributed by atoms with Crippen LogP contribution in [0.25, 0.3) is 0 Å². The van der Waals surface area contributed by atoms with E-state index in [-0.39, 0.29) is 5.60 Å². The maximum atomic E-state index is 9.60. The van der Waals surface area contributed by atoms with Gasteiger partial charge in [0.25, 0.3) is 6.47 Å². The number of nitrogens with one attached hydrogen (secondary N) is 1. The molecule has 1 saturated heterocycles. The Hall–Kier alpha value is -1.06. The molecular formula is C11H22N2O2. The minimum atomic E-state index is -0.318. The van der Waals surface area contributed by atoms with Crippen molar-refractivity contribution < 1.29 is 9.53 Å². The maximum absolute atomic E-state index is 9.60. The Labute approximate surface area is 92.1 Å². The first-order valence-electron chi connectivity index (χ1n) is 5.35. The summed E-state index contributed by atoms with van der Waals surface area (Å²) in [6.07, 6.45) is 5.34. The Kier molecular flexibility index (Phi) is 6.75.